The van der Waals surface area contributed by atoms with Crippen LogP contribution in [-0.2, 0) is 9.53 Å². The van der Waals surface area contributed by atoms with Crippen LogP contribution in [0.4, 0.5) is 0 Å². The molecule has 0 atom stereocenters. The first-order chi connectivity index (χ1) is 6.78. The van der Waals surface area contributed by atoms with Crippen LogP contribution in [0, 0.1) is 5.92 Å². The van der Waals surface area contributed by atoms with Gasteiger partial charge in [-0.2, -0.15) is 0 Å². The second kappa shape index (κ2) is 3.99. The number of ether oxygens (including phenoxy) is 1. The monoisotopic (exact) mass is 197 g/mol. The maximum Gasteiger partial charge on any atom is 0.156 e. The molecule has 14 heavy (non-hydrogen) atoms. The van der Waals surface area contributed by atoms with E-state index < -0.39 is 0 Å². The van der Waals surface area contributed by atoms with Crippen molar-refractivity contribution >= 4 is 5.78 Å². The molecule has 80 valence electrons. The van der Waals surface area contributed by atoms with Crippen molar-refractivity contribution in [2.75, 3.05) is 20.3 Å². The zero-order valence-corrected chi connectivity index (χ0v) is 8.84. The third kappa shape index (κ3) is 1.59. The van der Waals surface area contributed by atoms with E-state index in [4.69, 9.17) is 4.74 Å². The predicted octanol–water partition coefficient (Wildman–Crippen LogP) is 1.12. The first kappa shape index (κ1) is 10.1. The number of Topliss-reactive ketones (excluding diaryl/α,β-unsaturated/α-hetero) is 1. The van der Waals surface area contributed by atoms with Crippen LogP contribution < -0.4 is 5.32 Å². The lowest BCUT2D eigenvalue weighted by atomic mass is 9.69. The van der Waals surface area contributed by atoms with Crippen LogP contribution in [0.25, 0.3) is 0 Å². The van der Waals surface area contributed by atoms with Crippen LogP contribution in [-0.4, -0.2) is 31.6 Å². The maximum atomic E-state index is 12.2. The molecule has 1 aliphatic carbocycles. The van der Waals surface area contributed by atoms with Gasteiger partial charge in [-0.05, 0) is 39.2 Å². The van der Waals surface area contributed by atoms with Gasteiger partial charge in [0.25, 0.3) is 0 Å². The Labute approximate surface area is 85.2 Å². The predicted molar refractivity (Wildman–Crippen MR) is 54.2 cm³/mol. The van der Waals surface area contributed by atoms with E-state index in [1.165, 1.54) is 6.42 Å². The number of carbonyl (C=O) groups excluding carboxylic acids is 1. The Morgan fingerprint density at radius 3 is 2.43 bits per heavy atom. The molecule has 0 radical (unpaired) electrons. The molecule has 0 aromatic rings. The van der Waals surface area contributed by atoms with E-state index in [9.17, 15) is 4.79 Å². The number of hydrogen-bond donors (Lipinski definition) is 1. The summed E-state index contributed by atoms with van der Waals surface area (Å²) in [6.07, 6.45) is 5.08. The Morgan fingerprint density at radius 2 is 2.00 bits per heavy atom. The number of ketones is 1. The SMILES string of the molecule is CNC1(C(=O)C2CCOCC2)CCC1. The van der Waals surface area contributed by atoms with E-state index >= 15 is 0 Å². The normalized spacial score (nSPS) is 26.9. The summed E-state index contributed by atoms with van der Waals surface area (Å²) in [6, 6.07) is 0. The Hall–Kier alpha value is -0.410. The van der Waals surface area contributed by atoms with Crippen molar-refractivity contribution in [3.63, 3.8) is 0 Å². The van der Waals surface area contributed by atoms with Crippen molar-refractivity contribution in [1.82, 2.24) is 5.32 Å². The molecule has 1 saturated carbocycles. The molecule has 0 aromatic carbocycles. The van der Waals surface area contributed by atoms with Crippen LogP contribution >= 0.6 is 0 Å². The van der Waals surface area contributed by atoms with Crippen LogP contribution in [0.15, 0.2) is 0 Å². The molecular formula is C11H19NO2. The smallest absolute Gasteiger partial charge is 0.156 e. The van der Waals surface area contributed by atoms with Gasteiger partial charge in [0.1, 0.15) is 0 Å². The number of likely N-dealkylation sites (N-methyl/N-ethyl adjacent to an activating group) is 1. The van der Waals surface area contributed by atoms with E-state index in [2.05, 4.69) is 5.32 Å². The molecule has 0 amide bonds. The molecule has 0 bridgehead atoms. The molecule has 1 saturated heterocycles. The van der Waals surface area contributed by atoms with Gasteiger partial charge in [0, 0.05) is 19.1 Å². The summed E-state index contributed by atoms with van der Waals surface area (Å²) >= 11 is 0. The fraction of sp³-hybridized carbons (Fsp3) is 0.909. The molecule has 2 aliphatic rings. The molecule has 0 aromatic heterocycles. The highest BCUT2D eigenvalue weighted by molar-refractivity contribution is 5.91. The highest BCUT2D eigenvalue weighted by Gasteiger charge is 2.45. The number of carbonyl (C=O) groups is 1. The molecule has 2 fully saturated rings. The van der Waals surface area contributed by atoms with Gasteiger partial charge >= 0.3 is 0 Å². The second-order valence-electron chi connectivity index (χ2n) is 4.44. The number of nitrogens with one attached hydrogen (secondary N) is 1. The zero-order chi connectivity index (χ0) is 10.0. The lowest BCUT2D eigenvalue weighted by Crippen LogP contribution is -2.58. The first-order valence-electron chi connectivity index (χ1n) is 5.59. The molecular weight excluding hydrogens is 178 g/mol. The van der Waals surface area contributed by atoms with Crippen molar-refractivity contribution < 1.29 is 9.53 Å². The summed E-state index contributed by atoms with van der Waals surface area (Å²) in [6.45, 7) is 1.52. The quantitative estimate of drug-likeness (QED) is 0.737. The van der Waals surface area contributed by atoms with Gasteiger partial charge in [-0.1, -0.05) is 0 Å². The fourth-order valence-electron chi connectivity index (χ4n) is 2.50. The largest absolute Gasteiger partial charge is 0.381 e. The molecule has 1 aliphatic heterocycles. The van der Waals surface area contributed by atoms with Gasteiger partial charge in [0.2, 0.25) is 0 Å². The number of rotatable bonds is 3. The molecule has 2 rings (SSSR count). The summed E-state index contributed by atoms with van der Waals surface area (Å²) in [7, 11) is 1.91. The van der Waals surface area contributed by atoms with Gasteiger partial charge in [0.15, 0.2) is 5.78 Å². The Kier molecular flexibility index (Phi) is 2.88. The fourth-order valence-corrected chi connectivity index (χ4v) is 2.50. The zero-order valence-electron chi connectivity index (χ0n) is 8.84. The minimum Gasteiger partial charge on any atom is -0.381 e. The van der Waals surface area contributed by atoms with Gasteiger partial charge in [-0.25, -0.2) is 0 Å². The van der Waals surface area contributed by atoms with Crippen molar-refractivity contribution in [1.29, 1.82) is 0 Å². The minimum atomic E-state index is -0.165. The van der Waals surface area contributed by atoms with Crippen molar-refractivity contribution in [3.8, 4) is 0 Å². The third-order valence-corrected chi connectivity index (χ3v) is 3.75. The molecule has 3 heteroatoms. The Morgan fingerprint density at radius 1 is 1.36 bits per heavy atom. The highest BCUT2D eigenvalue weighted by Crippen LogP contribution is 2.36. The van der Waals surface area contributed by atoms with E-state index in [1.54, 1.807) is 0 Å². The van der Waals surface area contributed by atoms with Crippen molar-refractivity contribution in [2.24, 2.45) is 5.92 Å². The van der Waals surface area contributed by atoms with Crippen molar-refractivity contribution in [3.05, 3.63) is 0 Å². The van der Waals surface area contributed by atoms with Gasteiger partial charge in [-0.15, -0.1) is 0 Å². The number of hydrogen-bond acceptors (Lipinski definition) is 3. The maximum absolute atomic E-state index is 12.2. The Bertz CT molecular complexity index is 212. The average molecular weight is 197 g/mol. The van der Waals surface area contributed by atoms with E-state index in [0.717, 1.165) is 38.9 Å². The summed E-state index contributed by atoms with van der Waals surface area (Å²) in [5.41, 5.74) is -0.165. The van der Waals surface area contributed by atoms with Crippen LogP contribution in [0.5, 0.6) is 0 Å². The van der Waals surface area contributed by atoms with E-state index in [0.29, 0.717) is 5.78 Å². The van der Waals surface area contributed by atoms with Gasteiger partial charge < -0.3 is 10.1 Å². The third-order valence-electron chi connectivity index (χ3n) is 3.75. The van der Waals surface area contributed by atoms with Gasteiger partial charge in [0.05, 0.1) is 5.54 Å². The minimum absolute atomic E-state index is 0.165. The summed E-state index contributed by atoms with van der Waals surface area (Å²) in [5, 5.41) is 3.22. The summed E-state index contributed by atoms with van der Waals surface area (Å²) in [5.74, 6) is 0.686. The van der Waals surface area contributed by atoms with Crippen LogP contribution in [0.1, 0.15) is 32.1 Å². The van der Waals surface area contributed by atoms with Crippen LogP contribution in [0.2, 0.25) is 0 Å². The van der Waals surface area contributed by atoms with Gasteiger partial charge in [-0.3, -0.25) is 4.79 Å². The topological polar surface area (TPSA) is 38.3 Å². The average Bonchev–Trinajstić information content (AvgIpc) is 2.18. The van der Waals surface area contributed by atoms with Crippen LogP contribution in [0.3, 0.4) is 0 Å². The summed E-state index contributed by atoms with van der Waals surface area (Å²) < 4.78 is 5.28. The van der Waals surface area contributed by atoms with Crippen molar-refractivity contribution in [2.45, 2.75) is 37.6 Å². The lowest BCUT2D eigenvalue weighted by molar-refractivity contribution is -0.135. The molecule has 3 nitrogen and oxygen atoms in total. The standard InChI is InChI=1S/C11H19NO2/c1-12-11(5-2-6-11)10(13)9-3-7-14-8-4-9/h9,12H,2-8H2,1H3. The molecule has 0 spiro atoms. The second-order valence-corrected chi connectivity index (χ2v) is 4.44. The summed E-state index contributed by atoms with van der Waals surface area (Å²) in [4.78, 5) is 12.2. The Balaban J connectivity index is 1.98. The first-order valence-corrected chi connectivity index (χ1v) is 5.59. The van der Waals surface area contributed by atoms with E-state index in [1.807, 2.05) is 7.05 Å². The molecule has 0 unspecified atom stereocenters. The molecule has 1 heterocycles. The molecule has 1 N–H and O–H groups in total. The highest BCUT2D eigenvalue weighted by atomic mass is 16.5. The lowest BCUT2D eigenvalue weighted by Gasteiger charge is -2.43. The van der Waals surface area contributed by atoms with E-state index in [-0.39, 0.29) is 11.5 Å².